The van der Waals surface area contributed by atoms with Gasteiger partial charge >= 0.3 is 0 Å². The van der Waals surface area contributed by atoms with E-state index in [0.29, 0.717) is 11.5 Å². The summed E-state index contributed by atoms with van der Waals surface area (Å²) >= 11 is 0. The number of para-hydroxylation sites is 4. The highest BCUT2D eigenvalue weighted by atomic mass is 16.4. The van der Waals surface area contributed by atoms with Crippen LogP contribution in [0, 0.1) is 0 Å². The number of rotatable bonds is 6. The molecule has 0 aliphatic rings. The maximum absolute atomic E-state index is 6.87. The summed E-state index contributed by atoms with van der Waals surface area (Å²) in [5.41, 5.74) is 12.3. The predicted molar refractivity (Wildman–Crippen MR) is 221 cm³/mol. The van der Waals surface area contributed by atoms with E-state index in [9.17, 15) is 0 Å². The molecule has 5 heteroatoms. The normalized spacial score (nSPS) is 11.7. The van der Waals surface area contributed by atoms with Gasteiger partial charge in [0.15, 0.2) is 11.2 Å². The van der Waals surface area contributed by atoms with E-state index >= 15 is 0 Å². The summed E-state index contributed by atoms with van der Waals surface area (Å²) in [7, 11) is 0. The first-order valence-electron chi connectivity index (χ1n) is 18.1. The van der Waals surface area contributed by atoms with Crippen molar-refractivity contribution in [1.29, 1.82) is 0 Å². The van der Waals surface area contributed by atoms with Gasteiger partial charge < -0.3 is 18.3 Å². The average molecular weight is 694 g/mol. The SMILES string of the molecule is c1ccc(-c2nc3cc(N(c4ccc5c6ccccc6n(-c6ccccc6)c5c4)c4ccccc4-c4ccccc4)c4oc5ccccc5c4c3o2)cc1. The Morgan fingerprint density at radius 2 is 1.11 bits per heavy atom. The van der Waals surface area contributed by atoms with Gasteiger partial charge in [-0.1, -0.05) is 127 Å². The molecule has 11 aromatic rings. The molecule has 0 unspecified atom stereocenters. The molecule has 0 bridgehead atoms. The van der Waals surface area contributed by atoms with Crippen molar-refractivity contribution < 1.29 is 8.83 Å². The number of hydrogen-bond donors (Lipinski definition) is 0. The second kappa shape index (κ2) is 12.1. The van der Waals surface area contributed by atoms with Crippen LogP contribution in [-0.4, -0.2) is 9.55 Å². The van der Waals surface area contributed by atoms with Crippen molar-refractivity contribution in [1.82, 2.24) is 9.55 Å². The lowest BCUT2D eigenvalue weighted by Gasteiger charge is -2.28. The molecule has 0 N–H and O–H groups in total. The number of benzene rings is 8. The van der Waals surface area contributed by atoms with Gasteiger partial charge in [0.25, 0.3) is 0 Å². The highest BCUT2D eigenvalue weighted by Gasteiger charge is 2.27. The molecule has 0 spiro atoms. The number of anilines is 3. The molecule has 54 heavy (non-hydrogen) atoms. The van der Waals surface area contributed by atoms with E-state index in [-0.39, 0.29) is 0 Å². The molecule has 0 radical (unpaired) electrons. The number of fused-ring (bicyclic) bond motifs is 8. The Morgan fingerprint density at radius 1 is 0.463 bits per heavy atom. The molecule has 0 saturated carbocycles. The average Bonchev–Trinajstić information content (AvgIpc) is 3.94. The van der Waals surface area contributed by atoms with Gasteiger partial charge in [-0.2, -0.15) is 0 Å². The van der Waals surface area contributed by atoms with Crippen molar-refractivity contribution in [2.75, 3.05) is 4.90 Å². The minimum Gasteiger partial charge on any atom is -0.454 e. The molecule has 0 fully saturated rings. The molecule has 0 amide bonds. The minimum absolute atomic E-state index is 0.569. The van der Waals surface area contributed by atoms with Crippen LogP contribution >= 0.6 is 0 Å². The number of hydrogen-bond acceptors (Lipinski definition) is 4. The molecule has 3 heterocycles. The van der Waals surface area contributed by atoms with E-state index in [1.54, 1.807) is 0 Å². The zero-order valence-corrected chi connectivity index (χ0v) is 29.1. The molecule has 5 nitrogen and oxygen atoms in total. The Morgan fingerprint density at radius 3 is 1.93 bits per heavy atom. The molecule has 254 valence electrons. The number of furan rings is 1. The third kappa shape index (κ3) is 4.69. The van der Waals surface area contributed by atoms with Crippen LogP contribution in [0.1, 0.15) is 0 Å². The predicted octanol–water partition coefficient (Wildman–Crippen LogP) is 13.6. The van der Waals surface area contributed by atoms with E-state index in [4.69, 9.17) is 13.8 Å². The number of aromatic nitrogens is 2. The highest BCUT2D eigenvalue weighted by molar-refractivity contribution is 6.21. The molecule has 3 aromatic heterocycles. The van der Waals surface area contributed by atoms with Crippen LogP contribution in [-0.2, 0) is 0 Å². The second-order valence-electron chi connectivity index (χ2n) is 13.5. The highest BCUT2D eigenvalue weighted by Crippen LogP contribution is 2.49. The quantitative estimate of drug-likeness (QED) is 0.174. The van der Waals surface area contributed by atoms with Crippen LogP contribution < -0.4 is 4.90 Å². The third-order valence-corrected chi connectivity index (χ3v) is 10.4. The van der Waals surface area contributed by atoms with E-state index in [1.165, 1.54) is 10.8 Å². The van der Waals surface area contributed by atoms with Gasteiger partial charge in [0, 0.05) is 38.7 Å². The van der Waals surface area contributed by atoms with Crippen molar-refractivity contribution >= 4 is 71.9 Å². The van der Waals surface area contributed by atoms with Crippen molar-refractivity contribution in [3.05, 3.63) is 188 Å². The Bertz CT molecular complexity index is 3160. The zero-order chi connectivity index (χ0) is 35.6. The van der Waals surface area contributed by atoms with Crippen molar-refractivity contribution in [2.45, 2.75) is 0 Å². The van der Waals surface area contributed by atoms with Crippen LogP contribution in [0.3, 0.4) is 0 Å². The molecule has 0 atom stereocenters. The maximum atomic E-state index is 6.87. The van der Waals surface area contributed by atoms with Crippen LogP contribution in [0.5, 0.6) is 0 Å². The van der Waals surface area contributed by atoms with Gasteiger partial charge in [-0.15, -0.1) is 0 Å². The lowest BCUT2D eigenvalue weighted by atomic mass is 10.0. The summed E-state index contributed by atoms with van der Waals surface area (Å²) < 4.78 is 15.9. The smallest absolute Gasteiger partial charge is 0.227 e. The standard InChI is InChI=1S/C49H31N3O2/c1-4-16-32(17-5-1)36-22-10-13-25-41(36)52(35-28-29-38-37-23-11-14-26-42(37)51(43(38)30-35)34-20-8-3-9-21-34)44-31-40-47(54-49(50-40)33-18-6-2-7-19-33)46-39-24-12-15-27-45(39)53-48(44)46/h1-31H. The van der Waals surface area contributed by atoms with Gasteiger partial charge in [-0.25, -0.2) is 4.98 Å². The lowest BCUT2D eigenvalue weighted by Crippen LogP contribution is -2.12. The molecular formula is C49H31N3O2. The summed E-state index contributed by atoms with van der Waals surface area (Å²) in [4.78, 5) is 7.45. The second-order valence-corrected chi connectivity index (χ2v) is 13.5. The Hall–Kier alpha value is -7.37. The molecule has 0 aliphatic carbocycles. The number of oxazole rings is 1. The molecule has 11 rings (SSSR count). The topological polar surface area (TPSA) is 47.3 Å². The maximum Gasteiger partial charge on any atom is 0.227 e. The summed E-state index contributed by atoms with van der Waals surface area (Å²) in [5, 5.41) is 4.26. The van der Waals surface area contributed by atoms with Gasteiger partial charge in [0.2, 0.25) is 5.89 Å². The summed E-state index contributed by atoms with van der Waals surface area (Å²) in [5.74, 6) is 0.569. The van der Waals surface area contributed by atoms with Gasteiger partial charge in [-0.05, 0) is 66.2 Å². The number of nitrogens with zero attached hydrogens (tertiary/aromatic N) is 3. The Balaban J connectivity index is 1.26. The molecule has 0 aliphatic heterocycles. The van der Waals surface area contributed by atoms with Gasteiger partial charge in [-0.3, -0.25) is 0 Å². The van der Waals surface area contributed by atoms with Crippen LogP contribution in [0.4, 0.5) is 17.1 Å². The van der Waals surface area contributed by atoms with E-state index in [0.717, 1.165) is 77.9 Å². The fraction of sp³-hybridized carbons (Fsp3) is 0. The molecule has 8 aromatic carbocycles. The first kappa shape index (κ1) is 30.3. The minimum atomic E-state index is 0.569. The fourth-order valence-electron chi connectivity index (χ4n) is 8.02. The monoisotopic (exact) mass is 693 g/mol. The fourth-order valence-corrected chi connectivity index (χ4v) is 8.02. The molecular weight excluding hydrogens is 663 g/mol. The molecule has 0 saturated heterocycles. The van der Waals surface area contributed by atoms with E-state index < -0.39 is 0 Å². The summed E-state index contributed by atoms with van der Waals surface area (Å²) in [6.45, 7) is 0. The summed E-state index contributed by atoms with van der Waals surface area (Å²) in [6, 6.07) is 65.5. The Labute approximate surface area is 310 Å². The third-order valence-electron chi connectivity index (χ3n) is 10.4. The summed E-state index contributed by atoms with van der Waals surface area (Å²) in [6.07, 6.45) is 0. The van der Waals surface area contributed by atoms with Crippen LogP contribution in [0.25, 0.3) is 83.1 Å². The van der Waals surface area contributed by atoms with E-state index in [1.807, 2.05) is 48.5 Å². The zero-order valence-electron chi connectivity index (χ0n) is 29.1. The largest absolute Gasteiger partial charge is 0.454 e. The first-order chi connectivity index (χ1) is 26.8. The van der Waals surface area contributed by atoms with Crippen LogP contribution in [0.2, 0.25) is 0 Å². The van der Waals surface area contributed by atoms with Crippen molar-refractivity contribution in [2.24, 2.45) is 0 Å². The Kier molecular flexibility index (Phi) is 6.79. The van der Waals surface area contributed by atoms with Gasteiger partial charge in [0.05, 0.1) is 27.8 Å². The van der Waals surface area contributed by atoms with E-state index in [2.05, 4.69) is 149 Å². The first-order valence-corrected chi connectivity index (χ1v) is 18.1. The van der Waals surface area contributed by atoms with Gasteiger partial charge in [0.1, 0.15) is 11.1 Å². The van der Waals surface area contributed by atoms with Crippen LogP contribution in [0.15, 0.2) is 197 Å². The lowest BCUT2D eigenvalue weighted by molar-refractivity contribution is 0.622. The van der Waals surface area contributed by atoms with Crippen molar-refractivity contribution in [3.63, 3.8) is 0 Å². The van der Waals surface area contributed by atoms with Crippen molar-refractivity contribution in [3.8, 4) is 28.3 Å².